The number of thiophene rings is 1. The average molecular weight is 388 g/mol. The molecule has 0 spiro atoms. The molecule has 2 N–H and O–H groups in total. The van der Waals surface area contributed by atoms with Gasteiger partial charge in [0.05, 0.1) is 15.3 Å². The number of H-pyrrole nitrogens is 1. The first kappa shape index (κ1) is 14.1. The van der Waals surface area contributed by atoms with E-state index in [1.807, 2.05) is 0 Å². The van der Waals surface area contributed by atoms with E-state index in [4.69, 9.17) is 0 Å². The molecule has 1 aliphatic carbocycles. The van der Waals surface area contributed by atoms with Crippen molar-refractivity contribution in [3.8, 4) is 0 Å². The van der Waals surface area contributed by atoms with Gasteiger partial charge in [-0.2, -0.15) is 0 Å². The van der Waals surface area contributed by atoms with Gasteiger partial charge in [-0.3, -0.25) is 9.69 Å². The van der Waals surface area contributed by atoms with E-state index >= 15 is 0 Å². The van der Waals surface area contributed by atoms with E-state index in [1.165, 1.54) is 16.2 Å². The molecule has 1 saturated heterocycles. The van der Waals surface area contributed by atoms with Crippen molar-refractivity contribution >= 4 is 43.6 Å². The molecule has 2 aromatic heterocycles. The molecule has 4 rings (SSSR count). The molecular weight excluding hydrogens is 377 g/mol. The fourth-order valence-corrected chi connectivity index (χ4v) is 5.08. The van der Waals surface area contributed by atoms with Gasteiger partial charge in [0.2, 0.25) is 0 Å². The zero-order chi connectivity index (χ0) is 15.6. The van der Waals surface area contributed by atoms with E-state index in [-0.39, 0.29) is 23.8 Å². The lowest BCUT2D eigenvalue weighted by Crippen LogP contribution is -2.43. The van der Waals surface area contributed by atoms with Crippen LogP contribution in [0.15, 0.2) is 14.6 Å². The van der Waals surface area contributed by atoms with Crippen molar-refractivity contribution in [1.82, 2.24) is 14.9 Å². The van der Waals surface area contributed by atoms with Crippen LogP contribution in [0.25, 0.3) is 10.2 Å². The molecule has 2 unspecified atom stereocenters. The Kier molecular flexibility index (Phi) is 3.06. The topological polar surface area (TPSA) is 86.3 Å². The Hall–Kier alpha value is -1.48. The molecule has 9 heteroatoms. The van der Waals surface area contributed by atoms with Crippen molar-refractivity contribution in [3.05, 3.63) is 26.0 Å². The van der Waals surface area contributed by atoms with Crippen molar-refractivity contribution in [2.75, 3.05) is 0 Å². The van der Waals surface area contributed by atoms with Crippen LogP contribution in [0.2, 0.25) is 0 Å². The number of aromatic nitrogens is 2. The van der Waals surface area contributed by atoms with E-state index in [1.54, 1.807) is 6.07 Å². The largest absolute Gasteiger partial charge is 0.465 e. The number of alkyl halides is 1. The highest BCUT2D eigenvalue weighted by Crippen LogP contribution is 2.50. The zero-order valence-electron chi connectivity index (χ0n) is 11.1. The van der Waals surface area contributed by atoms with Crippen molar-refractivity contribution in [1.29, 1.82) is 0 Å². The molecule has 0 radical (unpaired) electrons. The molecule has 1 amide bonds. The van der Waals surface area contributed by atoms with Gasteiger partial charge in [0.1, 0.15) is 16.7 Å². The number of hydrogen-bond acceptors (Lipinski definition) is 4. The Balaban J connectivity index is 1.86. The van der Waals surface area contributed by atoms with Crippen LogP contribution in [0, 0.1) is 5.92 Å². The SMILES string of the molecule is O=C(O)N1C2CC([C@H](F)C2)[C@H]1c1nc2cc(Br)sc2c(=O)[nH]1. The number of amides is 1. The number of carboxylic acid groups (broad SMARTS) is 1. The van der Waals surface area contributed by atoms with E-state index in [0.29, 0.717) is 16.6 Å². The molecule has 0 aromatic carbocycles. The molecule has 1 aliphatic heterocycles. The highest BCUT2D eigenvalue weighted by Gasteiger charge is 2.55. The summed E-state index contributed by atoms with van der Waals surface area (Å²) in [6.07, 6.45) is -1.45. The average Bonchev–Trinajstić information content (AvgIpc) is 3.08. The number of piperidine rings is 1. The first-order chi connectivity index (χ1) is 10.5. The Morgan fingerprint density at radius 3 is 3.05 bits per heavy atom. The van der Waals surface area contributed by atoms with Gasteiger partial charge in [-0.15, -0.1) is 11.3 Å². The minimum absolute atomic E-state index is 0.226. The van der Waals surface area contributed by atoms with Gasteiger partial charge in [0.15, 0.2) is 0 Å². The van der Waals surface area contributed by atoms with Crippen molar-refractivity contribution in [3.63, 3.8) is 0 Å². The van der Waals surface area contributed by atoms with Crippen LogP contribution < -0.4 is 5.56 Å². The number of carbonyl (C=O) groups is 1. The maximum Gasteiger partial charge on any atom is 0.408 e. The van der Waals surface area contributed by atoms with E-state index in [9.17, 15) is 19.1 Å². The number of nitrogens with zero attached hydrogens (tertiary/aromatic N) is 2. The molecule has 2 fully saturated rings. The second-order valence-electron chi connectivity index (χ2n) is 5.66. The van der Waals surface area contributed by atoms with Gasteiger partial charge in [-0.25, -0.2) is 14.2 Å². The molecule has 4 atom stereocenters. The van der Waals surface area contributed by atoms with Gasteiger partial charge in [-0.1, -0.05) is 0 Å². The zero-order valence-corrected chi connectivity index (χ0v) is 13.5. The number of hydrogen-bond donors (Lipinski definition) is 2. The van der Waals surface area contributed by atoms with Crippen LogP contribution in [0.4, 0.5) is 9.18 Å². The van der Waals surface area contributed by atoms with Crippen LogP contribution in [0.1, 0.15) is 24.7 Å². The highest BCUT2D eigenvalue weighted by molar-refractivity contribution is 9.11. The predicted molar refractivity (Wildman–Crippen MR) is 82.0 cm³/mol. The van der Waals surface area contributed by atoms with Crippen LogP contribution in [0.5, 0.6) is 0 Å². The Morgan fingerprint density at radius 2 is 2.32 bits per heavy atom. The Bertz CT molecular complexity index is 838. The third kappa shape index (κ3) is 1.91. The van der Waals surface area contributed by atoms with Crippen LogP contribution in [-0.4, -0.2) is 38.3 Å². The lowest BCUT2D eigenvalue weighted by Gasteiger charge is -2.33. The summed E-state index contributed by atoms with van der Waals surface area (Å²) in [6.45, 7) is 0. The van der Waals surface area contributed by atoms with Crippen LogP contribution in [-0.2, 0) is 0 Å². The summed E-state index contributed by atoms with van der Waals surface area (Å²) in [7, 11) is 0. The smallest absolute Gasteiger partial charge is 0.408 e. The van der Waals surface area contributed by atoms with Crippen LogP contribution >= 0.6 is 27.3 Å². The summed E-state index contributed by atoms with van der Waals surface area (Å²) in [5.41, 5.74) is 0.179. The minimum atomic E-state index is -1.10. The van der Waals surface area contributed by atoms with Gasteiger partial charge in [0, 0.05) is 12.0 Å². The third-order valence-corrected chi connectivity index (χ3v) is 6.10. The number of fused-ring (bicyclic) bond motifs is 3. The van der Waals surface area contributed by atoms with Gasteiger partial charge in [-0.05, 0) is 34.8 Å². The molecule has 2 bridgehead atoms. The summed E-state index contributed by atoms with van der Waals surface area (Å²) in [5.74, 6) is -0.205. The van der Waals surface area contributed by atoms with E-state index < -0.39 is 24.2 Å². The molecule has 2 aliphatic rings. The quantitative estimate of drug-likeness (QED) is 0.787. The second-order valence-corrected chi connectivity index (χ2v) is 8.09. The first-order valence-electron chi connectivity index (χ1n) is 6.80. The predicted octanol–water partition coefficient (Wildman–Crippen LogP) is 2.90. The normalized spacial score (nSPS) is 30.4. The van der Waals surface area contributed by atoms with Gasteiger partial charge >= 0.3 is 6.09 Å². The Labute approximate surface area is 136 Å². The van der Waals surface area contributed by atoms with Crippen molar-refractivity contribution < 1.29 is 14.3 Å². The number of nitrogens with one attached hydrogen (secondary N) is 1. The van der Waals surface area contributed by atoms with Crippen molar-refractivity contribution in [2.45, 2.75) is 31.1 Å². The minimum Gasteiger partial charge on any atom is -0.465 e. The van der Waals surface area contributed by atoms with Gasteiger partial charge in [0.25, 0.3) is 5.56 Å². The van der Waals surface area contributed by atoms with Gasteiger partial charge < -0.3 is 10.1 Å². The molecule has 1 saturated carbocycles. The summed E-state index contributed by atoms with van der Waals surface area (Å²) in [4.78, 5) is 31.9. The number of halogens is 2. The maximum absolute atomic E-state index is 14.1. The number of likely N-dealkylation sites (tertiary alicyclic amines) is 1. The van der Waals surface area contributed by atoms with E-state index in [0.717, 1.165) is 3.79 Å². The van der Waals surface area contributed by atoms with Crippen molar-refractivity contribution in [2.24, 2.45) is 5.92 Å². The van der Waals surface area contributed by atoms with E-state index in [2.05, 4.69) is 25.9 Å². The molecule has 3 heterocycles. The summed E-state index contributed by atoms with van der Waals surface area (Å²) in [5, 5.41) is 9.42. The summed E-state index contributed by atoms with van der Waals surface area (Å²) in [6, 6.07) is 0.656. The number of aromatic amines is 1. The lowest BCUT2D eigenvalue weighted by atomic mass is 9.96. The monoisotopic (exact) mass is 387 g/mol. The Morgan fingerprint density at radius 1 is 1.55 bits per heavy atom. The standard InChI is InChI=1S/C13H11BrFN3O3S/c14-8-3-7-10(22-8)12(19)17-11(16-7)9-5-1-4(2-6(5)15)18(9)13(20)21/h3-6,9H,1-2H2,(H,20,21)(H,16,17,19)/t4?,5?,6-,9+/m1/s1. The third-order valence-electron chi connectivity index (χ3n) is 4.48. The molecular formula is C13H11BrFN3O3S. The first-order valence-corrected chi connectivity index (χ1v) is 8.41. The highest BCUT2D eigenvalue weighted by atomic mass is 79.9. The molecule has 116 valence electrons. The maximum atomic E-state index is 14.1. The molecule has 6 nitrogen and oxygen atoms in total. The van der Waals surface area contributed by atoms with Crippen LogP contribution in [0.3, 0.4) is 0 Å². The summed E-state index contributed by atoms with van der Waals surface area (Å²) < 4.78 is 15.3. The fraction of sp³-hybridized carbons (Fsp3) is 0.462. The number of rotatable bonds is 1. The summed E-state index contributed by atoms with van der Waals surface area (Å²) >= 11 is 4.56. The molecule has 2 aromatic rings. The molecule has 22 heavy (non-hydrogen) atoms. The fourth-order valence-electron chi connectivity index (χ4n) is 3.66. The second kappa shape index (κ2) is 4.76. The lowest BCUT2D eigenvalue weighted by molar-refractivity contribution is 0.0691.